The topological polar surface area (TPSA) is 30.5 Å². The quantitative estimate of drug-likeness (QED) is 0.684. The Labute approximate surface area is 110 Å². The van der Waals surface area contributed by atoms with Crippen LogP contribution in [0.25, 0.3) is 0 Å². The normalized spacial score (nSPS) is 11.7. The fourth-order valence-electron chi connectivity index (χ4n) is 1.67. The molecule has 0 spiro atoms. The number of benzene rings is 1. The highest BCUT2D eigenvalue weighted by molar-refractivity contribution is 5.13. The van der Waals surface area contributed by atoms with E-state index in [-0.39, 0.29) is 5.41 Å². The molecule has 0 saturated carbocycles. The van der Waals surface area contributed by atoms with Gasteiger partial charge in [-0.2, -0.15) is 0 Å². The molecule has 0 aliphatic rings. The minimum Gasteiger partial charge on any atom is -0.383 e. The van der Waals surface area contributed by atoms with E-state index in [1.54, 1.807) is 7.11 Å². The summed E-state index contributed by atoms with van der Waals surface area (Å²) in [6.45, 7) is 8.42. The summed E-state index contributed by atoms with van der Waals surface area (Å²) in [5.41, 5.74) is 1.36. The Hall–Kier alpha value is -0.900. The maximum absolute atomic E-state index is 5.77. The lowest BCUT2D eigenvalue weighted by Gasteiger charge is -2.25. The first-order valence-corrected chi connectivity index (χ1v) is 6.45. The Balaban J connectivity index is 2.16. The summed E-state index contributed by atoms with van der Waals surface area (Å²) in [6, 6.07) is 10.3. The number of methoxy groups -OCH3 is 1. The highest BCUT2D eigenvalue weighted by atomic mass is 16.5. The van der Waals surface area contributed by atoms with Crippen LogP contribution in [0.3, 0.4) is 0 Å². The van der Waals surface area contributed by atoms with Crippen LogP contribution in [0.1, 0.15) is 19.4 Å². The van der Waals surface area contributed by atoms with Gasteiger partial charge in [-0.25, -0.2) is 0 Å². The van der Waals surface area contributed by atoms with Gasteiger partial charge in [-0.1, -0.05) is 44.2 Å². The molecule has 0 unspecified atom stereocenters. The highest BCUT2D eigenvalue weighted by Crippen LogP contribution is 2.15. The van der Waals surface area contributed by atoms with Crippen molar-refractivity contribution in [3.8, 4) is 0 Å². The molecular formula is C15H25NO2. The molecule has 0 heterocycles. The molecule has 0 amide bonds. The van der Waals surface area contributed by atoms with Crippen LogP contribution in [0, 0.1) is 5.41 Å². The molecule has 0 radical (unpaired) electrons. The van der Waals surface area contributed by atoms with Gasteiger partial charge in [-0.3, -0.25) is 0 Å². The van der Waals surface area contributed by atoms with Gasteiger partial charge in [0.1, 0.15) is 0 Å². The third-order valence-electron chi connectivity index (χ3n) is 2.69. The van der Waals surface area contributed by atoms with Gasteiger partial charge in [0.05, 0.1) is 19.8 Å². The van der Waals surface area contributed by atoms with E-state index >= 15 is 0 Å². The Morgan fingerprint density at radius 3 is 2.56 bits per heavy atom. The molecule has 0 aliphatic heterocycles. The smallest absolute Gasteiger partial charge is 0.0717 e. The molecule has 1 rings (SSSR count). The lowest BCUT2D eigenvalue weighted by atomic mass is 9.95. The maximum Gasteiger partial charge on any atom is 0.0717 e. The standard InChI is InChI=1S/C15H25NO2/c1-15(2,12-16-9-10-17-3)13-18-11-14-7-5-4-6-8-14/h4-8,16H,9-13H2,1-3H3. The second kappa shape index (κ2) is 8.25. The first-order valence-electron chi connectivity index (χ1n) is 6.45. The number of rotatable bonds is 9. The van der Waals surface area contributed by atoms with Crippen LogP contribution in [-0.4, -0.2) is 33.4 Å². The molecule has 3 nitrogen and oxygen atoms in total. The van der Waals surface area contributed by atoms with Crippen LogP contribution >= 0.6 is 0 Å². The molecule has 0 fully saturated rings. The minimum atomic E-state index is 0.141. The van der Waals surface area contributed by atoms with Crippen molar-refractivity contribution in [1.82, 2.24) is 5.32 Å². The van der Waals surface area contributed by atoms with Gasteiger partial charge in [0, 0.05) is 25.6 Å². The summed E-state index contributed by atoms with van der Waals surface area (Å²) in [4.78, 5) is 0. The van der Waals surface area contributed by atoms with Crippen LogP contribution in [0.15, 0.2) is 30.3 Å². The summed E-state index contributed by atoms with van der Waals surface area (Å²) >= 11 is 0. The molecule has 102 valence electrons. The molecule has 0 bridgehead atoms. The van der Waals surface area contributed by atoms with E-state index in [9.17, 15) is 0 Å². The predicted molar refractivity (Wildman–Crippen MR) is 74.6 cm³/mol. The number of nitrogens with one attached hydrogen (secondary N) is 1. The van der Waals surface area contributed by atoms with Crippen molar-refractivity contribution in [3.05, 3.63) is 35.9 Å². The number of hydrogen-bond donors (Lipinski definition) is 1. The van der Waals surface area contributed by atoms with Gasteiger partial charge in [0.25, 0.3) is 0 Å². The summed E-state index contributed by atoms with van der Waals surface area (Å²) in [6.07, 6.45) is 0. The summed E-state index contributed by atoms with van der Waals surface area (Å²) < 4.78 is 10.8. The van der Waals surface area contributed by atoms with Gasteiger partial charge in [-0.15, -0.1) is 0 Å². The molecule has 0 aliphatic carbocycles. The molecule has 3 heteroatoms. The molecule has 0 aromatic heterocycles. The first-order chi connectivity index (χ1) is 8.64. The van der Waals surface area contributed by atoms with Crippen LogP contribution in [0.5, 0.6) is 0 Å². The number of hydrogen-bond acceptors (Lipinski definition) is 3. The highest BCUT2D eigenvalue weighted by Gasteiger charge is 2.17. The average Bonchev–Trinajstić information content (AvgIpc) is 2.36. The van der Waals surface area contributed by atoms with Gasteiger partial charge in [-0.05, 0) is 5.56 Å². The van der Waals surface area contributed by atoms with E-state index in [1.165, 1.54) is 5.56 Å². The van der Waals surface area contributed by atoms with Crippen LogP contribution in [0.4, 0.5) is 0 Å². The van der Waals surface area contributed by atoms with Gasteiger partial charge >= 0.3 is 0 Å². The van der Waals surface area contributed by atoms with E-state index in [0.717, 1.165) is 26.3 Å². The Morgan fingerprint density at radius 1 is 1.17 bits per heavy atom. The lowest BCUT2D eigenvalue weighted by molar-refractivity contribution is 0.0504. The van der Waals surface area contributed by atoms with Crippen molar-refractivity contribution in [2.45, 2.75) is 20.5 Å². The lowest BCUT2D eigenvalue weighted by Crippen LogP contribution is -2.34. The molecule has 0 atom stereocenters. The second-order valence-corrected chi connectivity index (χ2v) is 5.31. The molecule has 1 aromatic rings. The van der Waals surface area contributed by atoms with Gasteiger partial charge in [0.2, 0.25) is 0 Å². The Morgan fingerprint density at radius 2 is 1.89 bits per heavy atom. The molecule has 1 N–H and O–H groups in total. The third kappa shape index (κ3) is 6.74. The fraction of sp³-hybridized carbons (Fsp3) is 0.600. The van der Waals surface area contributed by atoms with Gasteiger partial charge < -0.3 is 14.8 Å². The molecular weight excluding hydrogens is 226 g/mol. The predicted octanol–water partition coefficient (Wildman–Crippen LogP) is 2.47. The van der Waals surface area contributed by atoms with E-state index < -0.39 is 0 Å². The monoisotopic (exact) mass is 251 g/mol. The molecule has 1 aromatic carbocycles. The summed E-state index contributed by atoms with van der Waals surface area (Å²) in [7, 11) is 1.72. The van der Waals surface area contributed by atoms with E-state index in [4.69, 9.17) is 9.47 Å². The van der Waals surface area contributed by atoms with Crippen LogP contribution in [0.2, 0.25) is 0 Å². The van der Waals surface area contributed by atoms with Crippen molar-refractivity contribution in [2.24, 2.45) is 5.41 Å². The fourth-order valence-corrected chi connectivity index (χ4v) is 1.67. The molecule has 18 heavy (non-hydrogen) atoms. The van der Waals surface area contributed by atoms with E-state index in [1.807, 2.05) is 18.2 Å². The van der Waals surface area contributed by atoms with Crippen molar-refractivity contribution in [3.63, 3.8) is 0 Å². The van der Waals surface area contributed by atoms with Crippen molar-refractivity contribution >= 4 is 0 Å². The van der Waals surface area contributed by atoms with Crippen molar-refractivity contribution in [1.29, 1.82) is 0 Å². The zero-order valence-electron chi connectivity index (χ0n) is 11.7. The largest absolute Gasteiger partial charge is 0.383 e. The minimum absolute atomic E-state index is 0.141. The average molecular weight is 251 g/mol. The first kappa shape index (κ1) is 15.2. The Bertz CT molecular complexity index is 312. The molecule has 0 saturated heterocycles. The van der Waals surface area contributed by atoms with Gasteiger partial charge in [0.15, 0.2) is 0 Å². The summed E-state index contributed by atoms with van der Waals surface area (Å²) in [5, 5.41) is 3.37. The Kier molecular flexibility index (Phi) is 6.94. The summed E-state index contributed by atoms with van der Waals surface area (Å²) in [5.74, 6) is 0. The zero-order chi connectivity index (χ0) is 13.3. The van der Waals surface area contributed by atoms with Crippen LogP contribution < -0.4 is 5.32 Å². The third-order valence-corrected chi connectivity index (χ3v) is 2.69. The second-order valence-electron chi connectivity index (χ2n) is 5.31. The van der Waals surface area contributed by atoms with E-state index in [0.29, 0.717) is 6.61 Å². The SMILES string of the molecule is COCCNCC(C)(C)COCc1ccccc1. The van der Waals surface area contributed by atoms with Crippen molar-refractivity contribution in [2.75, 3.05) is 33.4 Å². The zero-order valence-corrected chi connectivity index (χ0v) is 11.7. The van der Waals surface area contributed by atoms with Crippen molar-refractivity contribution < 1.29 is 9.47 Å². The number of ether oxygens (including phenoxy) is 2. The van der Waals surface area contributed by atoms with E-state index in [2.05, 4.69) is 31.3 Å². The van der Waals surface area contributed by atoms with Crippen LogP contribution in [-0.2, 0) is 16.1 Å². The maximum atomic E-state index is 5.77.